The van der Waals surface area contributed by atoms with Crippen molar-refractivity contribution < 1.29 is 13.6 Å². The van der Waals surface area contributed by atoms with Crippen LogP contribution in [-0.2, 0) is 0 Å². The number of nitrogens with one attached hydrogen (secondary N) is 1. The van der Waals surface area contributed by atoms with Crippen LogP contribution in [-0.4, -0.2) is 15.9 Å². The van der Waals surface area contributed by atoms with Crippen LogP contribution in [0, 0.1) is 11.6 Å². The second-order valence-electron chi connectivity index (χ2n) is 5.64. The number of carbonyl (C=O) groups excluding carboxylic acids is 1. The van der Waals surface area contributed by atoms with Crippen molar-refractivity contribution in [1.29, 1.82) is 0 Å². The van der Waals surface area contributed by atoms with Crippen LogP contribution in [0.3, 0.4) is 0 Å². The number of hydrogen-bond donors (Lipinski definition) is 1. The first-order valence-electron chi connectivity index (χ1n) is 7.77. The highest BCUT2D eigenvalue weighted by Crippen LogP contribution is 2.33. The monoisotopic (exact) mass is 401 g/mol. The van der Waals surface area contributed by atoms with Crippen LogP contribution in [0.1, 0.15) is 10.4 Å². The number of halogens is 3. The van der Waals surface area contributed by atoms with Gasteiger partial charge in [-0.25, -0.2) is 18.7 Å². The lowest BCUT2D eigenvalue weighted by Crippen LogP contribution is -2.16. The Hall–Kier alpha value is -2.90. The maximum Gasteiger partial charge on any atom is 0.262 e. The molecule has 4 nitrogen and oxygen atoms in total. The van der Waals surface area contributed by atoms with Gasteiger partial charge in [0.15, 0.2) is 0 Å². The van der Waals surface area contributed by atoms with Crippen LogP contribution in [0.2, 0.25) is 5.02 Å². The molecule has 0 atom stereocenters. The molecular formula is C19H10ClF2N3OS. The van der Waals surface area contributed by atoms with E-state index in [4.69, 9.17) is 11.6 Å². The van der Waals surface area contributed by atoms with Gasteiger partial charge >= 0.3 is 0 Å². The number of pyridine rings is 1. The number of amides is 1. The minimum Gasteiger partial charge on any atom is -0.306 e. The van der Waals surface area contributed by atoms with Crippen LogP contribution in [0.4, 0.5) is 14.6 Å². The fourth-order valence-electron chi connectivity index (χ4n) is 2.62. The SMILES string of the molecule is O=C(Nc1ccc(-c2cc3scnc3cc2Cl)cn1)c1c(F)cccc1F. The minimum atomic E-state index is -0.936. The third kappa shape index (κ3) is 3.39. The molecule has 0 aliphatic carbocycles. The lowest BCUT2D eigenvalue weighted by atomic mass is 10.1. The van der Waals surface area contributed by atoms with E-state index >= 15 is 0 Å². The molecule has 0 fully saturated rings. The van der Waals surface area contributed by atoms with E-state index < -0.39 is 23.1 Å². The van der Waals surface area contributed by atoms with Gasteiger partial charge in [-0.1, -0.05) is 17.7 Å². The molecule has 2 aromatic heterocycles. The zero-order valence-electron chi connectivity index (χ0n) is 13.5. The van der Waals surface area contributed by atoms with Crippen LogP contribution in [0.15, 0.2) is 54.2 Å². The Morgan fingerprint density at radius 3 is 2.56 bits per heavy atom. The molecule has 0 unspecified atom stereocenters. The van der Waals surface area contributed by atoms with Crippen molar-refractivity contribution in [1.82, 2.24) is 9.97 Å². The van der Waals surface area contributed by atoms with Crippen molar-refractivity contribution in [2.75, 3.05) is 5.32 Å². The molecule has 0 saturated carbocycles. The number of rotatable bonds is 3. The summed E-state index contributed by atoms with van der Waals surface area (Å²) >= 11 is 7.82. The van der Waals surface area contributed by atoms with E-state index in [0.717, 1.165) is 33.5 Å². The smallest absolute Gasteiger partial charge is 0.262 e. The average Bonchev–Trinajstić information content (AvgIpc) is 3.09. The third-order valence-corrected chi connectivity index (χ3v) is 5.03. The van der Waals surface area contributed by atoms with E-state index in [0.29, 0.717) is 5.02 Å². The topological polar surface area (TPSA) is 54.9 Å². The Morgan fingerprint density at radius 1 is 1.07 bits per heavy atom. The van der Waals surface area contributed by atoms with Gasteiger partial charge < -0.3 is 5.32 Å². The summed E-state index contributed by atoms with van der Waals surface area (Å²) in [5.74, 6) is -2.61. The maximum absolute atomic E-state index is 13.7. The Labute approximate surface area is 161 Å². The fourth-order valence-corrected chi connectivity index (χ4v) is 3.59. The number of carbonyl (C=O) groups is 1. The fraction of sp³-hybridized carbons (Fsp3) is 0. The molecule has 8 heteroatoms. The zero-order valence-corrected chi connectivity index (χ0v) is 15.1. The Morgan fingerprint density at radius 2 is 1.85 bits per heavy atom. The van der Waals surface area contributed by atoms with Crippen molar-refractivity contribution in [3.63, 3.8) is 0 Å². The summed E-state index contributed by atoms with van der Waals surface area (Å²) in [6, 6.07) is 10.2. The van der Waals surface area contributed by atoms with Gasteiger partial charge in [-0.2, -0.15) is 0 Å². The molecule has 0 radical (unpaired) electrons. The number of nitrogens with zero attached hydrogens (tertiary/aromatic N) is 2. The molecule has 2 aromatic carbocycles. The average molecular weight is 402 g/mol. The second-order valence-corrected chi connectivity index (χ2v) is 6.93. The van der Waals surface area contributed by atoms with E-state index in [-0.39, 0.29) is 5.82 Å². The molecule has 27 heavy (non-hydrogen) atoms. The predicted molar refractivity (Wildman–Crippen MR) is 102 cm³/mol. The predicted octanol–water partition coefficient (Wildman–Crippen LogP) is 5.54. The first-order chi connectivity index (χ1) is 13.0. The number of benzene rings is 2. The summed E-state index contributed by atoms with van der Waals surface area (Å²) in [5, 5.41) is 2.92. The van der Waals surface area contributed by atoms with Crippen molar-refractivity contribution >= 4 is 44.9 Å². The number of anilines is 1. The lowest BCUT2D eigenvalue weighted by molar-refractivity contribution is 0.101. The molecule has 2 heterocycles. The van der Waals surface area contributed by atoms with Gasteiger partial charge in [0.25, 0.3) is 5.91 Å². The third-order valence-electron chi connectivity index (χ3n) is 3.93. The number of hydrogen-bond acceptors (Lipinski definition) is 4. The molecule has 0 saturated heterocycles. The van der Waals surface area contributed by atoms with Gasteiger partial charge in [0, 0.05) is 17.3 Å². The van der Waals surface area contributed by atoms with Crippen molar-refractivity contribution in [3.05, 3.63) is 76.4 Å². The Balaban J connectivity index is 1.60. The van der Waals surface area contributed by atoms with Gasteiger partial charge in [0.1, 0.15) is 23.0 Å². The van der Waals surface area contributed by atoms with Gasteiger partial charge in [0.2, 0.25) is 0 Å². The number of thiazole rings is 1. The summed E-state index contributed by atoms with van der Waals surface area (Å²) in [5.41, 5.74) is 3.42. The molecule has 4 aromatic rings. The highest BCUT2D eigenvalue weighted by Gasteiger charge is 2.17. The molecule has 1 amide bonds. The number of fused-ring (bicyclic) bond motifs is 1. The molecule has 0 spiro atoms. The summed E-state index contributed by atoms with van der Waals surface area (Å²) in [6.45, 7) is 0. The quantitative estimate of drug-likeness (QED) is 0.490. The largest absolute Gasteiger partial charge is 0.306 e. The number of aromatic nitrogens is 2. The van der Waals surface area contributed by atoms with Crippen LogP contribution in [0.25, 0.3) is 21.3 Å². The van der Waals surface area contributed by atoms with Crippen molar-refractivity contribution in [2.45, 2.75) is 0 Å². The Bertz CT molecular complexity index is 1140. The first-order valence-corrected chi connectivity index (χ1v) is 9.03. The van der Waals surface area contributed by atoms with Gasteiger partial charge in [-0.15, -0.1) is 11.3 Å². The van der Waals surface area contributed by atoms with Crippen LogP contribution < -0.4 is 5.32 Å². The van der Waals surface area contributed by atoms with Gasteiger partial charge in [-0.3, -0.25) is 4.79 Å². The molecule has 1 N–H and O–H groups in total. The van der Waals surface area contributed by atoms with E-state index in [1.807, 2.05) is 6.07 Å². The summed E-state index contributed by atoms with van der Waals surface area (Å²) in [4.78, 5) is 20.5. The summed E-state index contributed by atoms with van der Waals surface area (Å²) < 4.78 is 28.4. The van der Waals surface area contributed by atoms with Crippen molar-refractivity contribution in [3.8, 4) is 11.1 Å². The van der Waals surface area contributed by atoms with Gasteiger partial charge in [-0.05, 0) is 36.4 Å². The highest BCUT2D eigenvalue weighted by molar-refractivity contribution is 7.16. The van der Waals surface area contributed by atoms with Crippen LogP contribution >= 0.6 is 22.9 Å². The minimum absolute atomic E-state index is 0.168. The molecular weight excluding hydrogens is 392 g/mol. The maximum atomic E-state index is 13.7. The summed E-state index contributed by atoms with van der Waals surface area (Å²) in [7, 11) is 0. The van der Waals surface area contributed by atoms with Crippen molar-refractivity contribution in [2.24, 2.45) is 0 Å². The zero-order chi connectivity index (χ0) is 19.0. The first kappa shape index (κ1) is 17.5. The molecule has 134 valence electrons. The van der Waals surface area contributed by atoms with E-state index in [9.17, 15) is 13.6 Å². The molecule has 0 aliphatic rings. The summed E-state index contributed by atoms with van der Waals surface area (Å²) in [6.07, 6.45) is 1.53. The standard InChI is InChI=1S/C19H10ClF2N3OS/c20-12-7-15-16(27-9-24-15)6-11(12)10-4-5-17(23-8-10)25-19(26)18-13(21)2-1-3-14(18)22/h1-9H,(H,23,25,26). The Kier molecular flexibility index (Phi) is 4.55. The lowest BCUT2D eigenvalue weighted by Gasteiger charge is -2.08. The van der Waals surface area contributed by atoms with Gasteiger partial charge in [0.05, 0.1) is 20.7 Å². The molecule has 0 aliphatic heterocycles. The van der Waals surface area contributed by atoms with Crippen LogP contribution in [0.5, 0.6) is 0 Å². The molecule has 4 rings (SSSR count). The van der Waals surface area contributed by atoms with E-state index in [1.54, 1.807) is 23.7 Å². The highest BCUT2D eigenvalue weighted by atomic mass is 35.5. The normalized spacial score (nSPS) is 10.9. The van der Waals surface area contributed by atoms with E-state index in [2.05, 4.69) is 15.3 Å². The van der Waals surface area contributed by atoms with E-state index in [1.165, 1.54) is 23.6 Å². The second kappa shape index (κ2) is 7.02. The molecule has 0 bridgehead atoms.